The van der Waals surface area contributed by atoms with Crippen molar-refractivity contribution in [2.75, 3.05) is 38.1 Å². The van der Waals surface area contributed by atoms with Crippen molar-refractivity contribution >= 4 is 34.3 Å². The molecule has 0 atom stereocenters. The molecule has 0 spiro atoms. The molecule has 4 aromatic rings. The van der Waals surface area contributed by atoms with E-state index < -0.39 is 0 Å². The smallest absolute Gasteiger partial charge is 0.258 e. The molecule has 0 aliphatic carbocycles. The maximum Gasteiger partial charge on any atom is 0.258 e. The molecule has 1 N–H and O–H groups in total. The van der Waals surface area contributed by atoms with E-state index >= 15 is 0 Å². The number of ether oxygens (including phenoxy) is 2. The minimum atomic E-state index is -0.299. The van der Waals surface area contributed by atoms with Crippen molar-refractivity contribution in [2.45, 2.75) is 0 Å². The number of nitrogens with one attached hydrogen (secondary N) is 1. The lowest BCUT2D eigenvalue weighted by atomic mass is 10.2. The standard InChI is InChI=1S/C26H23N5O4/c1-5-17-13-23(32)31(18-9-7-6-8-10-18)25-20(17)15-27-26(29-25)28-21-12-11-19(14-22(21)35-4)30(2)24(33)16-34-3/h1,6-15H,16H2,2-4H3,(H,27,28,29). The van der Waals surface area contributed by atoms with Gasteiger partial charge in [-0.05, 0) is 24.3 Å². The first-order chi connectivity index (χ1) is 17.0. The van der Waals surface area contributed by atoms with E-state index in [2.05, 4.69) is 21.2 Å². The maximum atomic E-state index is 12.9. The molecule has 9 heteroatoms. The van der Waals surface area contributed by atoms with Gasteiger partial charge in [0.25, 0.3) is 11.5 Å². The molecule has 4 rings (SSSR count). The Bertz CT molecular complexity index is 1490. The zero-order chi connectivity index (χ0) is 24.9. The predicted molar refractivity (Wildman–Crippen MR) is 135 cm³/mol. The number of fused-ring (bicyclic) bond motifs is 1. The van der Waals surface area contributed by atoms with Crippen molar-refractivity contribution in [1.82, 2.24) is 14.5 Å². The molecule has 1 amide bonds. The second kappa shape index (κ2) is 10.1. The zero-order valence-corrected chi connectivity index (χ0v) is 19.5. The summed E-state index contributed by atoms with van der Waals surface area (Å²) in [5.41, 5.74) is 2.34. The van der Waals surface area contributed by atoms with E-state index in [1.807, 2.05) is 30.3 Å². The molecule has 0 bridgehead atoms. The number of terminal acetylenes is 1. The third-order valence-electron chi connectivity index (χ3n) is 5.39. The van der Waals surface area contributed by atoms with Crippen molar-refractivity contribution in [2.24, 2.45) is 0 Å². The van der Waals surface area contributed by atoms with Gasteiger partial charge in [-0.1, -0.05) is 24.1 Å². The number of methoxy groups -OCH3 is 2. The van der Waals surface area contributed by atoms with Crippen LogP contribution in [0.2, 0.25) is 0 Å². The minimum Gasteiger partial charge on any atom is -0.494 e. The number of carbonyl (C=O) groups is 1. The number of aromatic nitrogens is 3. The monoisotopic (exact) mass is 469 g/mol. The van der Waals surface area contributed by atoms with E-state index in [-0.39, 0.29) is 24.0 Å². The molecule has 0 fully saturated rings. The average molecular weight is 470 g/mol. The molecule has 0 aliphatic rings. The Kier molecular flexibility index (Phi) is 6.76. The van der Waals surface area contributed by atoms with Crippen LogP contribution in [0, 0.1) is 12.3 Å². The number of hydrogen-bond donors (Lipinski definition) is 1. The Balaban J connectivity index is 1.77. The lowest BCUT2D eigenvalue weighted by Crippen LogP contribution is -2.29. The van der Waals surface area contributed by atoms with Crippen molar-refractivity contribution in [3.8, 4) is 23.8 Å². The number of pyridine rings is 1. The fraction of sp³-hybridized carbons (Fsp3) is 0.154. The molecule has 0 unspecified atom stereocenters. The molecule has 0 aliphatic heterocycles. The van der Waals surface area contributed by atoms with Gasteiger partial charge in [0.05, 0.1) is 23.9 Å². The quantitative estimate of drug-likeness (QED) is 0.415. The van der Waals surface area contributed by atoms with Crippen LogP contribution in [0.5, 0.6) is 5.75 Å². The molecule has 176 valence electrons. The van der Waals surface area contributed by atoms with E-state index in [4.69, 9.17) is 15.9 Å². The van der Waals surface area contributed by atoms with Gasteiger partial charge in [0.1, 0.15) is 12.4 Å². The Morgan fingerprint density at radius 1 is 1.17 bits per heavy atom. The SMILES string of the molecule is C#Cc1cc(=O)n(-c2ccccc2)c2nc(Nc3ccc(N(C)C(=O)COC)cc3OC)ncc12. The van der Waals surface area contributed by atoms with E-state index in [0.717, 1.165) is 0 Å². The molecule has 2 heterocycles. The number of rotatable bonds is 7. The topological polar surface area (TPSA) is 98.6 Å². The minimum absolute atomic E-state index is 0.0352. The van der Waals surface area contributed by atoms with Gasteiger partial charge in [-0.15, -0.1) is 6.42 Å². The number of carbonyl (C=O) groups excluding carboxylic acids is 1. The maximum absolute atomic E-state index is 12.9. The second-order valence-corrected chi connectivity index (χ2v) is 7.54. The lowest BCUT2D eigenvalue weighted by molar-refractivity contribution is -0.121. The first-order valence-electron chi connectivity index (χ1n) is 10.6. The molecule has 0 radical (unpaired) electrons. The fourth-order valence-electron chi connectivity index (χ4n) is 3.59. The molecular weight excluding hydrogens is 446 g/mol. The van der Waals surface area contributed by atoms with Gasteiger partial charge in [0.15, 0.2) is 5.65 Å². The van der Waals surface area contributed by atoms with E-state index in [9.17, 15) is 9.59 Å². The van der Waals surface area contributed by atoms with Gasteiger partial charge in [-0.25, -0.2) is 4.98 Å². The van der Waals surface area contributed by atoms with Crippen LogP contribution < -0.4 is 20.5 Å². The van der Waals surface area contributed by atoms with Crippen LogP contribution in [-0.2, 0) is 9.53 Å². The Hall–Kier alpha value is -4.68. The summed E-state index contributed by atoms with van der Waals surface area (Å²) < 4.78 is 11.9. The van der Waals surface area contributed by atoms with Gasteiger partial charge in [0.2, 0.25) is 5.95 Å². The van der Waals surface area contributed by atoms with E-state index in [1.54, 1.807) is 31.4 Å². The van der Waals surface area contributed by atoms with Crippen LogP contribution in [0.15, 0.2) is 65.6 Å². The predicted octanol–water partition coefficient (Wildman–Crippen LogP) is 3.12. The summed E-state index contributed by atoms with van der Waals surface area (Å²) in [5, 5.41) is 3.70. The Labute approximate surface area is 202 Å². The number of anilines is 3. The highest BCUT2D eigenvalue weighted by molar-refractivity contribution is 5.94. The summed E-state index contributed by atoms with van der Waals surface area (Å²) in [7, 11) is 4.64. The highest BCUT2D eigenvalue weighted by Gasteiger charge is 2.16. The number of likely N-dealkylation sites (N-methyl/N-ethyl adjacent to an activating group) is 1. The average Bonchev–Trinajstić information content (AvgIpc) is 2.88. The van der Waals surface area contributed by atoms with Crippen LogP contribution in [0.25, 0.3) is 16.7 Å². The van der Waals surface area contributed by atoms with E-state index in [1.165, 1.54) is 29.8 Å². The van der Waals surface area contributed by atoms with Crippen LogP contribution in [-0.4, -0.2) is 48.3 Å². The highest BCUT2D eigenvalue weighted by atomic mass is 16.5. The number of amides is 1. The third kappa shape index (κ3) is 4.69. The van der Waals surface area contributed by atoms with E-state index in [0.29, 0.717) is 39.4 Å². The largest absolute Gasteiger partial charge is 0.494 e. The molecule has 0 saturated carbocycles. The number of para-hydroxylation sites is 1. The number of nitrogens with zero attached hydrogens (tertiary/aromatic N) is 4. The second-order valence-electron chi connectivity index (χ2n) is 7.54. The van der Waals surface area contributed by atoms with Gasteiger partial charge in [-0.2, -0.15) is 4.98 Å². The molecule has 2 aromatic heterocycles. The summed E-state index contributed by atoms with van der Waals surface area (Å²) in [4.78, 5) is 35.5. The highest BCUT2D eigenvalue weighted by Crippen LogP contribution is 2.31. The zero-order valence-electron chi connectivity index (χ0n) is 19.5. The Morgan fingerprint density at radius 3 is 2.63 bits per heavy atom. The molecule has 9 nitrogen and oxygen atoms in total. The van der Waals surface area contributed by atoms with Gasteiger partial charge < -0.3 is 19.7 Å². The van der Waals surface area contributed by atoms with Crippen molar-refractivity contribution in [1.29, 1.82) is 0 Å². The summed E-state index contributed by atoms with van der Waals surface area (Å²) in [6.07, 6.45) is 7.21. The summed E-state index contributed by atoms with van der Waals surface area (Å²) in [5.74, 6) is 3.05. The first kappa shape index (κ1) is 23.5. The lowest BCUT2D eigenvalue weighted by Gasteiger charge is -2.19. The van der Waals surface area contributed by atoms with Crippen molar-refractivity contribution in [3.05, 3.63) is 76.7 Å². The molecule has 35 heavy (non-hydrogen) atoms. The van der Waals surface area contributed by atoms with Gasteiger partial charge in [0, 0.05) is 43.7 Å². The van der Waals surface area contributed by atoms with Gasteiger partial charge >= 0.3 is 0 Å². The Morgan fingerprint density at radius 2 is 1.94 bits per heavy atom. The summed E-state index contributed by atoms with van der Waals surface area (Å²) >= 11 is 0. The van der Waals surface area contributed by atoms with Crippen LogP contribution in [0.3, 0.4) is 0 Å². The molecular formula is C26H23N5O4. The van der Waals surface area contributed by atoms with Crippen LogP contribution >= 0.6 is 0 Å². The fourth-order valence-corrected chi connectivity index (χ4v) is 3.59. The summed E-state index contributed by atoms with van der Waals surface area (Å²) in [6, 6.07) is 15.8. The van der Waals surface area contributed by atoms with Crippen LogP contribution in [0.4, 0.5) is 17.3 Å². The normalized spacial score (nSPS) is 10.6. The molecule has 2 aromatic carbocycles. The van der Waals surface area contributed by atoms with Crippen molar-refractivity contribution in [3.63, 3.8) is 0 Å². The summed E-state index contributed by atoms with van der Waals surface area (Å²) in [6.45, 7) is -0.0352. The first-order valence-corrected chi connectivity index (χ1v) is 10.6. The number of benzene rings is 2. The third-order valence-corrected chi connectivity index (χ3v) is 5.39. The molecule has 0 saturated heterocycles. The van der Waals surface area contributed by atoms with Gasteiger partial charge in [-0.3, -0.25) is 14.2 Å². The van der Waals surface area contributed by atoms with Crippen molar-refractivity contribution < 1.29 is 14.3 Å². The van der Waals surface area contributed by atoms with Crippen LogP contribution in [0.1, 0.15) is 5.56 Å². The number of hydrogen-bond acceptors (Lipinski definition) is 7.